The summed E-state index contributed by atoms with van der Waals surface area (Å²) in [5.41, 5.74) is 5.97. The summed E-state index contributed by atoms with van der Waals surface area (Å²) in [6.45, 7) is 0. The van der Waals surface area contributed by atoms with Gasteiger partial charge in [-0.3, -0.25) is 0 Å². The maximum absolute atomic E-state index is 5.97. The molecule has 2 atom stereocenters. The molecule has 0 spiro atoms. The molecule has 4 nitrogen and oxygen atoms in total. The molecule has 0 unspecified atom stereocenters. The van der Waals surface area contributed by atoms with Crippen molar-refractivity contribution in [1.29, 1.82) is 0 Å². The molecule has 0 bridgehead atoms. The van der Waals surface area contributed by atoms with E-state index >= 15 is 0 Å². The lowest BCUT2D eigenvalue weighted by molar-refractivity contribution is 0.183. The van der Waals surface area contributed by atoms with Crippen LogP contribution in [0.3, 0.4) is 0 Å². The van der Waals surface area contributed by atoms with E-state index in [9.17, 15) is 0 Å². The van der Waals surface area contributed by atoms with Gasteiger partial charge in [0.15, 0.2) is 0 Å². The largest absolute Gasteiger partial charge is 0.473 e. The standard InChI is InChI=1S/C12H17N3O/c13-9-2-1-3-10(9)16-11-6-7-14-12(15-11)8-4-5-8/h6-10H,1-5,13H2/t9-,10-/m1/s1. The Labute approximate surface area is 95.2 Å². The molecule has 2 saturated carbocycles. The van der Waals surface area contributed by atoms with E-state index in [0.717, 1.165) is 25.1 Å². The van der Waals surface area contributed by atoms with Crippen LogP contribution in [0.1, 0.15) is 43.8 Å². The van der Waals surface area contributed by atoms with Crippen molar-refractivity contribution < 1.29 is 4.74 Å². The first-order valence-electron chi connectivity index (χ1n) is 6.08. The molecule has 0 aromatic carbocycles. The van der Waals surface area contributed by atoms with Gasteiger partial charge in [-0.2, -0.15) is 4.98 Å². The zero-order chi connectivity index (χ0) is 11.0. The summed E-state index contributed by atoms with van der Waals surface area (Å²) in [6, 6.07) is 2.00. The lowest BCUT2D eigenvalue weighted by Crippen LogP contribution is -2.33. The van der Waals surface area contributed by atoms with Gasteiger partial charge in [-0.1, -0.05) is 0 Å². The van der Waals surface area contributed by atoms with E-state index in [1.165, 1.54) is 12.8 Å². The minimum Gasteiger partial charge on any atom is -0.473 e. The minimum absolute atomic E-state index is 0.141. The monoisotopic (exact) mass is 219 g/mol. The second-order valence-electron chi connectivity index (χ2n) is 4.78. The Morgan fingerprint density at radius 2 is 2.12 bits per heavy atom. The van der Waals surface area contributed by atoms with E-state index in [4.69, 9.17) is 10.5 Å². The fourth-order valence-corrected chi connectivity index (χ4v) is 2.22. The molecule has 2 aliphatic carbocycles. The molecule has 0 amide bonds. The van der Waals surface area contributed by atoms with Gasteiger partial charge in [0.1, 0.15) is 11.9 Å². The van der Waals surface area contributed by atoms with Gasteiger partial charge in [0, 0.05) is 24.2 Å². The number of hydrogen-bond donors (Lipinski definition) is 1. The van der Waals surface area contributed by atoms with Crippen LogP contribution in [-0.4, -0.2) is 22.1 Å². The zero-order valence-electron chi connectivity index (χ0n) is 9.30. The van der Waals surface area contributed by atoms with Crippen molar-refractivity contribution in [2.75, 3.05) is 0 Å². The third-order valence-corrected chi connectivity index (χ3v) is 3.37. The smallest absolute Gasteiger partial charge is 0.216 e. The zero-order valence-corrected chi connectivity index (χ0v) is 9.30. The van der Waals surface area contributed by atoms with Crippen LogP contribution in [0.15, 0.2) is 12.3 Å². The van der Waals surface area contributed by atoms with Gasteiger partial charge >= 0.3 is 0 Å². The average molecular weight is 219 g/mol. The molecule has 2 N–H and O–H groups in total. The van der Waals surface area contributed by atoms with Crippen molar-refractivity contribution in [3.8, 4) is 5.88 Å². The fourth-order valence-electron chi connectivity index (χ4n) is 2.22. The van der Waals surface area contributed by atoms with Crippen molar-refractivity contribution in [1.82, 2.24) is 9.97 Å². The van der Waals surface area contributed by atoms with E-state index in [-0.39, 0.29) is 12.1 Å². The molecule has 0 aliphatic heterocycles. The van der Waals surface area contributed by atoms with Crippen molar-refractivity contribution >= 4 is 0 Å². The molecule has 2 aliphatic rings. The molecular formula is C12H17N3O. The molecule has 4 heteroatoms. The molecule has 16 heavy (non-hydrogen) atoms. The van der Waals surface area contributed by atoms with Crippen LogP contribution in [-0.2, 0) is 0 Å². The molecule has 86 valence electrons. The predicted molar refractivity (Wildman–Crippen MR) is 60.2 cm³/mol. The topological polar surface area (TPSA) is 61.0 Å². The maximum Gasteiger partial charge on any atom is 0.216 e. The van der Waals surface area contributed by atoms with Gasteiger partial charge in [0.25, 0.3) is 0 Å². The van der Waals surface area contributed by atoms with Gasteiger partial charge in [-0.15, -0.1) is 0 Å². The van der Waals surface area contributed by atoms with E-state index in [1.807, 2.05) is 6.07 Å². The van der Waals surface area contributed by atoms with Gasteiger partial charge < -0.3 is 10.5 Å². The van der Waals surface area contributed by atoms with Gasteiger partial charge in [0.2, 0.25) is 5.88 Å². The summed E-state index contributed by atoms with van der Waals surface area (Å²) in [7, 11) is 0. The Morgan fingerprint density at radius 1 is 1.25 bits per heavy atom. The second kappa shape index (κ2) is 4.01. The first kappa shape index (κ1) is 10.0. The van der Waals surface area contributed by atoms with Gasteiger partial charge in [0.05, 0.1) is 0 Å². The summed E-state index contributed by atoms with van der Waals surface area (Å²) < 4.78 is 5.83. The molecule has 0 radical (unpaired) electrons. The molecule has 1 aromatic heterocycles. The van der Waals surface area contributed by atoms with E-state index in [0.29, 0.717) is 11.8 Å². The van der Waals surface area contributed by atoms with Crippen LogP contribution >= 0.6 is 0 Å². The normalized spacial score (nSPS) is 29.3. The molecule has 0 saturated heterocycles. The Bertz CT molecular complexity index is 378. The summed E-state index contributed by atoms with van der Waals surface area (Å²) in [5, 5.41) is 0. The van der Waals surface area contributed by atoms with Crippen molar-refractivity contribution in [3.05, 3.63) is 18.1 Å². The summed E-state index contributed by atoms with van der Waals surface area (Å²) >= 11 is 0. The van der Waals surface area contributed by atoms with E-state index in [1.54, 1.807) is 6.20 Å². The molecule has 2 fully saturated rings. The highest BCUT2D eigenvalue weighted by atomic mass is 16.5. The first-order chi connectivity index (χ1) is 7.83. The predicted octanol–water partition coefficient (Wildman–Crippen LogP) is 1.61. The first-order valence-corrected chi connectivity index (χ1v) is 6.08. The van der Waals surface area contributed by atoms with Gasteiger partial charge in [-0.05, 0) is 32.1 Å². The Kier molecular flexibility index (Phi) is 2.52. The Morgan fingerprint density at radius 3 is 2.81 bits per heavy atom. The molecule has 1 heterocycles. The van der Waals surface area contributed by atoms with E-state index in [2.05, 4.69) is 9.97 Å². The minimum atomic E-state index is 0.141. The summed E-state index contributed by atoms with van der Waals surface area (Å²) in [4.78, 5) is 8.72. The van der Waals surface area contributed by atoms with Crippen molar-refractivity contribution in [3.63, 3.8) is 0 Å². The Balaban J connectivity index is 1.71. The third-order valence-electron chi connectivity index (χ3n) is 3.37. The molecular weight excluding hydrogens is 202 g/mol. The average Bonchev–Trinajstić information content (AvgIpc) is 3.06. The van der Waals surface area contributed by atoms with Crippen LogP contribution in [0, 0.1) is 0 Å². The number of hydrogen-bond acceptors (Lipinski definition) is 4. The number of aromatic nitrogens is 2. The number of ether oxygens (including phenoxy) is 1. The van der Waals surface area contributed by atoms with Crippen LogP contribution < -0.4 is 10.5 Å². The molecule has 1 aromatic rings. The quantitative estimate of drug-likeness (QED) is 0.839. The Hall–Kier alpha value is -1.16. The fraction of sp³-hybridized carbons (Fsp3) is 0.667. The second-order valence-corrected chi connectivity index (χ2v) is 4.78. The molecule has 3 rings (SSSR count). The number of nitrogens with two attached hydrogens (primary N) is 1. The lowest BCUT2D eigenvalue weighted by Gasteiger charge is -2.17. The van der Waals surface area contributed by atoms with Gasteiger partial charge in [-0.25, -0.2) is 4.98 Å². The lowest BCUT2D eigenvalue weighted by atomic mass is 10.2. The summed E-state index contributed by atoms with van der Waals surface area (Å²) in [6.07, 6.45) is 7.62. The van der Waals surface area contributed by atoms with Crippen molar-refractivity contribution in [2.24, 2.45) is 5.73 Å². The highest BCUT2D eigenvalue weighted by Gasteiger charge is 2.28. The van der Waals surface area contributed by atoms with E-state index < -0.39 is 0 Å². The third kappa shape index (κ3) is 2.02. The number of rotatable bonds is 3. The van der Waals surface area contributed by atoms with Crippen LogP contribution in [0.5, 0.6) is 5.88 Å². The highest BCUT2D eigenvalue weighted by Crippen LogP contribution is 2.38. The van der Waals surface area contributed by atoms with Crippen LogP contribution in [0.2, 0.25) is 0 Å². The maximum atomic E-state index is 5.97. The number of nitrogens with zero attached hydrogens (tertiary/aromatic N) is 2. The SMILES string of the molecule is N[C@@H]1CCC[C@H]1Oc1ccnc(C2CC2)n1. The van der Waals surface area contributed by atoms with Crippen molar-refractivity contribution in [2.45, 2.75) is 50.2 Å². The summed E-state index contributed by atoms with van der Waals surface area (Å²) in [5.74, 6) is 2.20. The van der Waals surface area contributed by atoms with Crippen LogP contribution in [0.25, 0.3) is 0 Å². The van der Waals surface area contributed by atoms with Crippen LogP contribution in [0.4, 0.5) is 0 Å². The highest BCUT2D eigenvalue weighted by molar-refractivity contribution is 5.14.